The van der Waals surface area contributed by atoms with E-state index in [-0.39, 0.29) is 5.56 Å². The first kappa shape index (κ1) is 10.7. The Balaban J connectivity index is 2.89. The average molecular weight is 196 g/mol. The van der Waals surface area contributed by atoms with Crippen LogP contribution in [0.2, 0.25) is 0 Å². The zero-order chi connectivity index (χ0) is 10.6. The number of rotatable bonds is 3. The van der Waals surface area contributed by atoms with Crippen molar-refractivity contribution in [2.75, 3.05) is 13.1 Å². The lowest BCUT2D eigenvalue weighted by Gasteiger charge is -2.07. The van der Waals surface area contributed by atoms with Crippen LogP contribution in [-0.2, 0) is 0 Å². The van der Waals surface area contributed by atoms with Gasteiger partial charge in [0.05, 0.1) is 5.56 Å². The Kier molecular flexibility index (Phi) is 3.59. The number of carbonyl (C=O) groups is 1. The predicted molar refractivity (Wildman–Crippen MR) is 52.5 cm³/mol. The van der Waals surface area contributed by atoms with Crippen LogP contribution in [0, 0.1) is 12.7 Å². The Morgan fingerprint density at radius 3 is 2.86 bits per heavy atom. The fraction of sp³-hybridized carbons (Fsp3) is 0.300. The maximum Gasteiger partial charge on any atom is 0.254 e. The number of hydrogen-bond donors (Lipinski definition) is 2. The van der Waals surface area contributed by atoms with E-state index in [0.717, 1.165) is 0 Å². The Labute approximate surface area is 82.1 Å². The molecule has 0 atom stereocenters. The van der Waals surface area contributed by atoms with Gasteiger partial charge >= 0.3 is 0 Å². The van der Waals surface area contributed by atoms with Crippen LogP contribution in [-0.4, -0.2) is 19.0 Å². The molecule has 1 rings (SSSR count). The van der Waals surface area contributed by atoms with E-state index < -0.39 is 11.7 Å². The first-order valence-corrected chi connectivity index (χ1v) is 4.40. The third-order valence-electron chi connectivity index (χ3n) is 1.88. The second-order valence-electron chi connectivity index (χ2n) is 2.98. The normalized spacial score (nSPS) is 9.93. The van der Waals surface area contributed by atoms with Gasteiger partial charge in [0.1, 0.15) is 5.82 Å². The highest BCUT2D eigenvalue weighted by atomic mass is 19.1. The summed E-state index contributed by atoms with van der Waals surface area (Å²) < 4.78 is 13.2. The van der Waals surface area contributed by atoms with Gasteiger partial charge in [-0.2, -0.15) is 0 Å². The molecule has 4 heteroatoms. The van der Waals surface area contributed by atoms with Gasteiger partial charge < -0.3 is 11.1 Å². The molecular weight excluding hydrogens is 183 g/mol. The zero-order valence-corrected chi connectivity index (χ0v) is 8.01. The van der Waals surface area contributed by atoms with Crippen LogP contribution < -0.4 is 11.1 Å². The van der Waals surface area contributed by atoms with Crippen LogP contribution in [0.4, 0.5) is 4.39 Å². The minimum Gasteiger partial charge on any atom is -0.351 e. The summed E-state index contributed by atoms with van der Waals surface area (Å²) >= 11 is 0. The molecule has 0 aromatic heterocycles. The predicted octanol–water partition coefficient (Wildman–Crippen LogP) is 0.823. The van der Waals surface area contributed by atoms with Crippen molar-refractivity contribution in [1.82, 2.24) is 5.32 Å². The maximum absolute atomic E-state index is 13.2. The molecule has 0 radical (unpaired) electrons. The van der Waals surface area contributed by atoms with E-state index >= 15 is 0 Å². The van der Waals surface area contributed by atoms with E-state index in [4.69, 9.17) is 5.73 Å². The minimum atomic E-state index is -0.500. The van der Waals surface area contributed by atoms with E-state index in [1.807, 2.05) is 0 Å². The third-order valence-corrected chi connectivity index (χ3v) is 1.88. The molecule has 0 aliphatic carbocycles. The Morgan fingerprint density at radius 2 is 2.29 bits per heavy atom. The van der Waals surface area contributed by atoms with Crippen molar-refractivity contribution in [2.45, 2.75) is 6.92 Å². The average Bonchev–Trinajstić information content (AvgIpc) is 2.14. The van der Waals surface area contributed by atoms with E-state index in [1.165, 1.54) is 6.07 Å². The molecule has 0 spiro atoms. The summed E-state index contributed by atoms with van der Waals surface area (Å²) in [5.74, 6) is -0.912. The topological polar surface area (TPSA) is 55.1 Å². The monoisotopic (exact) mass is 196 g/mol. The summed E-state index contributed by atoms with van der Waals surface area (Å²) in [7, 11) is 0. The fourth-order valence-electron chi connectivity index (χ4n) is 1.19. The Hall–Kier alpha value is -1.42. The van der Waals surface area contributed by atoms with Gasteiger partial charge in [-0.3, -0.25) is 4.79 Å². The van der Waals surface area contributed by atoms with Crippen LogP contribution in [0.15, 0.2) is 18.2 Å². The molecular formula is C10H13FN2O. The highest BCUT2D eigenvalue weighted by molar-refractivity contribution is 5.95. The second kappa shape index (κ2) is 4.72. The SMILES string of the molecule is Cc1cccc(F)c1C(=O)NCCN. The summed E-state index contributed by atoms with van der Waals surface area (Å²) in [4.78, 5) is 11.4. The number of hydrogen-bond acceptors (Lipinski definition) is 2. The lowest BCUT2D eigenvalue weighted by molar-refractivity contribution is 0.0950. The Morgan fingerprint density at radius 1 is 1.57 bits per heavy atom. The molecule has 0 saturated carbocycles. The molecule has 0 fully saturated rings. The van der Waals surface area contributed by atoms with Crippen LogP contribution in [0.5, 0.6) is 0 Å². The molecule has 3 N–H and O–H groups in total. The number of carbonyl (C=O) groups excluding carboxylic acids is 1. The number of amides is 1. The van der Waals surface area contributed by atoms with Crippen molar-refractivity contribution < 1.29 is 9.18 Å². The minimum absolute atomic E-state index is 0.0981. The molecule has 3 nitrogen and oxygen atoms in total. The van der Waals surface area contributed by atoms with Crippen molar-refractivity contribution in [1.29, 1.82) is 0 Å². The van der Waals surface area contributed by atoms with Crippen molar-refractivity contribution in [2.24, 2.45) is 5.73 Å². The summed E-state index contributed by atoms with van der Waals surface area (Å²) in [6.45, 7) is 2.40. The lowest BCUT2D eigenvalue weighted by atomic mass is 10.1. The van der Waals surface area contributed by atoms with Crippen LogP contribution >= 0.6 is 0 Å². The first-order valence-electron chi connectivity index (χ1n) is 4.40. The molecule has 0 saturated heterocycles. The molecule has 76 valence electrons. The quantitative estimate of drug-likeness (QED) is 0.752. The standard InChI is InChI=1S/C10H13FN2O/c1-7-3-2-4-8(11)9(7)10(14)13-6-5-12/h2-4H,5-6,12H2,1H3,(H,13,14). The van der Waals surface area contributed by atoms with Crippen LogP contribution in [0.1, 0.15) is 15.9 Å². The van der Waals surface area contributed by atoms with Gasteiger partial charge in [0, 0.05) is 13.1 Å². The molecule has 1 aromatic rings. The highest BCUT2D eigenvalue weighted by Gasteiger charge is 2.12. The van der Waals surface area contributed by atoms with E-state index in [0.29, 0.717) is 18.7 Å². The maximum atomic E-state index is 13.2. The number of aryl methyl sites for hydroxylation is 1. The Bertz CT molecular complexity index is 319. The van der Waals surface area contributed by atoms with Gasteiger partial charge in [-0.15, -0.1) is 0 Å². The van der Waals surface area contributed by atoms with E-state index in [9.17, 15) is 9.18 Å². The van der Waals surface area contributed by atoms with Crippen molar-refractivity contribution in [3.63, 3.8) is 0 Å². The van der Waals surface area contributed by atoms with E-state index in [2.05, 4.69) is 5.32 Å². The molecule has 1 aromatic carbocycles. The van der Waals surface area contributed by atoms with E-state index in [1.54, 1.807) is 19.1 Å². The molecule has 1 amide bonds. The third kappa shape index (κ3) is 2.29. The van der Waals surface area contributed by atoms with Crippen molar-refractivity contribution >= 4 is 5.91 Å². The zero-order valence-electron chi connectivity index (χ0n) is 8.01. The number of nitrogens with one attached hydrogen (secondary N) is 1. The fourth-order valence-corrected chi connectivity index (χ4v) is 1.19. The molecule has 0 heterocycles. The first-order chi connectivity index (χ1) is 6.66. The lowest BCUT2D eigenvalue weighted by Crippen LogP contribution is -2.30. The van der Waals surface area contributed by atoms with Gasteiger partial charge in [0.25, 0.3) is 5.91 Å². The van der Waals surface area contributed by atoms with Crippen molar-refractivity contribution in [3.05, 3.63) is 35.1 Å². The summed E-state index contributed by atoms with van der Waals surface area (Å²) in [6, 6.07) is 4.54. The van der Waals surface area contributed by atoms with Crippen molar-refractivity contribution in [3.8, 4) is 0 Å². The summed E-state index contributed by atoms with van der Waals surface area (Å²) in [6.07, 6.45) is 0. The largest absolute Gasteiger partial charge is 0.351 e. The van der Waals surface area contributed by atoms with Gasteiger partial charge in [-0.1, -0.05) is 12.1 Å². The smallest absolute Gasteiger partial charge is 0.254 e. The number of nitrogens with two attached hydrogens (primary N) is 1. The van der Waals surface area contributed by atoms with Crippen LogP contribution in [0.3, 0.4) is 0 Å². The van der Waals surface area contributed by atoms with Gasteiger partial charge in [0.2, 0.25) is 0 Å². The molecule has 0 bridgehead atoms. The summed E-state index contributed by atoms with van der Waals surface area (Å²) in [5, 5.41) is 2.53. The molecule has 0 unspecified atom stereocenters. The van der Waals surface area contributed by atoms with Gasteiger partial charge in [-0.05, 0) is 18.6 Å². The number of halogens is 1. The second-order valence-corrected chi connectivity index (χ2v) is 2.98. The molecule has 0 aliphatic rings. The molecule has 14 heavy (non-hydrogen) atoms. The van der Waals surface area contributed by atoms with Gasteiger partial charge in [-0.25, -0.2) is 4.39 Å². The molecule has 0 aliphatic heterocycles. The van der Waals surface area contributed by atoms with Gasteiger partial charge in [0.15, 0.2) is 0 Å². The van der Waals surface area contributed by atoms with Crippen LogP contribution in [0.25, 0.3) is 0 Å². The summed E-state index contributed by atoms with van der Waals surface area (Å²) in [5.41, 5.74) is 5.95. The number of benzene rings is 1. The highest BCUT2D eigenvalue weighted by Crippen LogP contribution is 2.11.